The minimum atomic E-state index is -0.159. The van der Waals surface area contributed by atoms with Gasteiger partial charge in [-0.2, -0.15) is 0 Å². The number of nitrogen functional groups attached to an aromatic ring is 1. The number of aliphatic hydroxyl groups is 1. The molecule has 0 bridgehead atoms. The lowest BCUT2D eigenvalue weighted by atomic mass is 10.2. The molecule has 2 rings (SSSR count). The third-order valence-electron chi connectivity index (χ3n) is 3.37. The maximum absolute atomic E-state index is 11.9. The van der Waals surface area contributed by atoms with E-state index in [1.807, 2.05) is 0 Å². The van der Waals surface area contributed by atoms with Crippen molar-refractivity contribution in [2.24, 2.45) is 0 Å². The summed E-state index contributed by atoms with van der Waals surface area (Å²) in [6.45, 7) is 2.62. The van der Waals surface area contributed by atoms with Crippen LogP contribution >= 0.6 is 11.6 Å². The molecule has 0 spiro atoms. The standard InChI is InChI=1S/C14H20ClN3O3/c15-10-1-2-13(12(16)7-10)17-14(20)3-4-18-5-6-21-11(8-18)9-19/h1-2,7,11,19H,3-6,8-9,16H2,(H,17,20). The Morgan fingerprint density at radius 3 is 3.10 bits per heavy atom. The van der Waals surface area contributed by atoms with Gasteiger partial charge < -0.3 is 20.9 Å². The first-order chi connectivity index (χ1) is 10.1. The van der Waals surface area contributed by atoms with Crippen LogP contribution < -0.4 is 11.1 Å². The fourth-order valence-corrected chi connectivity index (χ4v) is 2.39. The Morgan fingerprint density at radius 2 is 2.38 bits per heavy atom. The van der Waals surface area contributed by atoms with Crippen molar-refractivity contribution < 1.29 is 14.6 Å². The Kier molecular flexibility index (Phi) is 5.81. The number of nitrogens with one attached hydrogen (secondary N) is 1. The lowest BCUT2D eigenvalue weighted by Gasteiger charge is -2.31. The van der Waals surface area contributed by atoms with Crippen molar-refractivity contribution in [3.63, 3.8) is 0 Å². The maximum Gasteiger partial charge on any atom is 0.225 e. The summed E-state index contributed by atoms with van der Waals surface area (Å²) in [5, 5.41) is 12.4. The predicted molar refractivity (Wildman–Crippen MR) is 82.4 cm³/mol. The molecule has 21 heavy (non-hydrogen) atoms. The molecule has 1 fully saturated rings. The van der Waals surface area contributed by atoms with E-state index in [1.165, 1.54) is 0 Å². The van der Waals surface area contributed by atoms with Gasteiger partial charge in [-0.15, -0.1) is 0 Å². The van der Waals surface area contributed by atoms with Crippen LogP contribution in [-0.4, -0.2) is 54.9 Å². The Labute approximate surface area is 128 Å². The van der Waals surface area contributed by atoms with Gasteiger partial charge in [-0.1, -0.05) is 11.6 Å². The summed E-state index contributed by atoms with van der Waals surface area (Å²) >= 11 is 5.81. The third kappa shape index (κ3) is 4.86. The largest absolute Gasteiger partial charge is 0.397 e. The summed E-state index contributed by atoms with van der Waals surface area (Å²) in [5.41, 5.74) is 6.81. The zero-order valence-electron chi connectivity index (χ0n) is 11.7. The highest BCUT2D eigenvalue weighted by molar-refractivity contribution is 6.31. The Morgan fingerprint density at radius 1 is 1.57 bits per heavy atom. The maximum atomic E-state index is 11.9. The summed E-state index contributed by atoms with van der Waals surface area (Å²) < 4.78 is 5.37. The van der Waals surface area contributed by atoms with Crippen molar-refractivity contribution >= 4 is 28.9 Å². The quantitative estimate of drug-likeness (QED) is 0.704. The van der Waals surface area contributed by atoms with E-state index in [4.69, 9.17) is 27.2 Å². The SMILES string of the molecule is Nc1cc(Cl)ccc1NC(=O)CCN1CCOC(CO)C1. The lowest BCUT2D eigenvalue weighted by molar-refractivity contribution is -0.117. The molecule has 1 saturated heterocycles. The molecular weight excluding hydrogens is 294 g/mol. The van der Waals surface area contributed by atoms with E-state index in [1.54, 1.807) is 18.2 Å². The number of carbonyl (C=O) groups excluding carboxylic acids is 1. The molecule has 1 amide bonds. The number of aliphatic hydroxyl groups excluding tert-OH is 1. The van der Waals surface area contributed by atoms with Crippen LogP contribution in [0.2, 0.25) is 5.02 Å². The molecule has 0 aromatic heterocycles. The van der Waals surface area contributed by atoms with Gasteiger partial charge in [-0.3, -0.25) is 9.69 Å². The Hall–Kier alpha value is -1.34. The topological polar surface area (TPSA) is 87.8 Å². The fourth-order valence-electron chi connectivity index (χ4n) is 2.21. The number of morpholine rings is 1. The molecule has 0 saturated carbocycles. The second kappa shape index (κ2) is 7.61. The molecule has 0 radical (unpaired) electrons. The molecule has 7 heteroatoms. The van der Waals surface area contributed by atoms with Crippen molar-refractivity contribution in [3.8, 4) is 0 Å². The van der Waals surface area contributed by atoms with Crippen LogP contribution in [0.15, 0.2) is 18.2 Å². The summed E-state index contributed by atoms with van der Waals surface area (Å²) in [7, 11) is 0. The van der Waals surface area contributed by atoms with Gasteiger partial charge >= 0.3 is 0 Å². The van der Waals surface area contributed by atoms with E-state index < -0.39 is 0 Å². The summed E-state index contributed by atoms with van der Waals surface area (Å²) in [6.07, 6.45) is 0.203. The van der Waals surface area contributed by atoms with Crippen LogP contribution in [0.1, 0.15) is 6.42 Å². The zero-order chi connectivity index (χ0) is 15.2. The van der Waals surface area contributed by atoms with Gasteiger partial charge in [-0.05, 0) is 18.2 Å². The van der Waals surface area contributed by atoms with Crippen molar-refractivity contribution in [2.75, 3.05) is 43.9 Å². The monoisotopic (exact) mass is 313 g/mol. The number of nitrogens with two attached hydrogens (primary N) is 1. The first-order valence-corrected chi connectivity index (χ1v) is 7.26. The molecule has 116 valence electrons. The molecule has 1 aliphatic heterocycles. The normalized spacial score (nSPS) is 19.4. The molecule has 1 aromatic carbocycles. The average molecular weight is 314 g/mol. The smallest absolute Gasteiger partial charge is 0.225 e. The number of rotatable bonds is 5. The fraction of sp³-hybridized carbons (Fsp3) is 0.500. The number of hydrogen-bond donors (Lipinski definition) is 3. The third-order valence-corrected chi connectivity index (χ3v) is 3.60. The second-order valence-corrected chi connectivity index (χ2v) is 5.44. The minimum Gasteiger partial charge on any atom is -0.397 e. The molecule has 1 aromatic rings. The van der Waals surface area contributed by atoms with Gasteiger partial charge in [0.05, 0.1) is 30.7 Å². The highest BCUT2D eigenvalue weighted by Crippen LogP contribution is 2.22. The van der Waals surface area contributed by atoms with E-state index in [0.29, 0.717) is 42.5 Å². The van der Waals surface area contributed by atoms with Crippen molar-refractivity contribution in [1.82, 2.24) is 4.90 Å². The van der Waals surface area contributed by atoms with Gasteiger partial charge in [0, 0.05) is 31.1 Å². The highest BCUT2D eigenvalue weighted by Gasteiger charge is 2.20. The molecule has 6 nitrogen and oxygen atoms in total. The van der Waals surface area contributed by atoms with Crippen LogP contribution in [0.25, 0.3) is 0 Å². The molecule has 1 atom stereocenters. The number of amides is 1. The summed E-state index contributed by atoms with van der Waals surface area (Å²) in [4.78, 5) is 14.0. The van der Waals surface area contributed by atoms with E-state index in [0.717, 1.165) is 6.54 Å². The number of nitrogens with zero attached hydrogens (tertiary/aromatic N) is 1. The lowest BCUT2D eigenvalue weighted by Crippen LogP contribution is -2.44. The highest BCUT2D eigenvalue weighted by atomic mass is 35.5. The van der Waals surface area contributed by atoms with Gasteiger partial charge in [-0.25, -0.2) is 0 Å². The van der Waals surface area contributed by atoms with E-state index in [-0.39, 0.29) is 18.6 Å². The molecule has 0 aliphatic carbocycles. The second-order valence-electron chi connectivity index (χ2n) is 5.01. The van der Waals surface area contributed by atoms with Gasteiger partial charge in [0.1, 0.15) is 0 Å². The zero-order valence-corrected chi connectivity index (χ0v) is 12.5. The van der Waals surface area contributed by atoms with E-state index >= 15 is 0 Å². The molecule has 1 heterocycles. The van der Waals surface area contributed by atoms with Crippen molar-refractivity contribution in [2.45, 2.75) is 12.5 Å². The summed E-state index contributed by atoms with van der Waals surface area (Å²) in [5.74, 6) is -0.101. The predicted octanol–water partition coefficient (Wildman–Crippen LogP) is 0.944. The van der Waals surface area contributed by atoms with Crippen LogP contribution in [0.4, 0.5) is 11.4 Å². The Balaban J connectivity index is 1.79. The van der Waals surface area contributed by atoms with Crippen LogP contribution in [0.3, 0.4) is 0 Å². The van der Waals surface area contributed by atoms with Crippen molar-refractivity contribution in [3.05, 3.63) is 23.2 Å². The Bertz CT molecular complexity index is 498. The number of hydrogen-bond acceptors (Lipinski definition) is 5. The van der Waals surface area contributed by atoms with Crippen molar-refractivity contribution in [1.29, 1.82) is 0 Å². The van der Waals surface area contributed by atoms with Crippen LogP contribution in [0, 0.1) is 0 Å². The van der Waals surface area contributed by atoms with E-state index in [9.17, 15) is 4.79 Å². The first kappa shape index (κ1) is 16.0. The van der Waals surface area contributed by atoms with Crippen LogP contribution in [-0.2, 0) is 9.53 Å². The van der Waals surface area contributed by atoms with Gasteiger partial charge in [0.15, 0.2) is 0 Å². The van der Waals surface area contributed by atoms with Gasteiger partial charge in [0.25, 0.3) is 0 Å². The molecule has 4 N–H and O–H groups in total. The number of ether oxygens (including phenoxy) is 1. The van der Waals surface area contributed by atoms with Crippen LogP contribution in [0.5, 0.6) is 0 Å². The van der Waals surface area contributed by atoms with Gasteiger partial charge in [0.2, 0.25) is 5.91 Å². The number of anilines is 2. The average Bonchev–Trinajstić information content (AvgIpc) is 2.48. The molecule has 1 aliphatic rings. The molecule has 1 unspecified atom stereocenters. The molecular formula is C14H20ClN3O3. The first-order valence-electron chi connectivity index (χ1n) is 6.88. The number of carbonyl (C=O) groups is 1. The number of halogens is 1. The minimum absolute atomic E-state index is 0.00397. The number of benzene rings is 1. The summed E-state index contributed by atoms with van der Waals surface area (Å²) in [6, 6.07) is 4.97. The van der Waals surface area contributed by atoms with E-state index in [2.05, 4.69) is 10.2 Å².